The SMILES string of the molecule is CCC1C=CC=C(C2=C3C=C(C(C)(C)C)C=C4C=CC5=CC(C(C)(C)C)=CC(=C2)C5(C)C43C)C=C1. The smallest absolute Gasteiger partial charge is 0.0315 e. The quantitative estimate of drug-likeness (QED) is 0.383. The van der Waals surface area contributed by atoms with Crippen LogP contribution in [0.15, 0.2) is 117 Å². The number of hydrogen-bond donors (Lipinski definition) is 0. The van der Waals surface area contributed by atoms with Gasteiger partial charge in [-0.3, -0.25) is 0 Å². The van der Waals surface area contributed by atoms with E-state index in [1.807, 2.05) is 0 Å². The van der Waals surface area contributed by atoms with Crippen LogP contribution in [0.1, 0.15) is 68.7 Å². The summed E-state index contributed by atoms with van der Waals surface area (Å²) in [6.07, 6.45) is 30.1. The standard InChI is InChI=1S/C35H42/c1-10-23-12-11-13-24(15-14-23)30-21-29-20-27(32(2,3)4)18-25-16-17-26-19-28(33(5,6)7)22-31(30)35(26,9)34(25,29)8/h11-23H,10H2,1-9H3. The fraction of sp³-hybridized carbons (Fsp3) is 0.429. The van der Waals surface area contributed by atoms with Gasteiger partial charge in [0.15, 0.2) is 0 Å². The van der Waals surface area contributed by atoms with E-state index in [1.165, 1.54) is 44.6 Å². The van der Waals surface area contributed by atoms with Crippen molar-refractivity contribution in [1.29, 1.82) is 0 Å². The van der Waals surface area contributed by atoms with E-state index < -0.39 is 0 Å². The van der Waals surface area contributed by atoms with E-state index in [0.717, 1.165) is 6.42 Å². The topological polar surface area (TPSA) is 0 Å². The Morgan fingerprint density at radius 2 is 1.29 bits per heavy atom. The molecule has 0 aliphatic heterocycles. The lowest BCUT2D eigenvalue weighted by atomic mass is 9.44. The molecule has 5 aliphatic rings. The zero-order valence-corrected chi connectivity index (χ0v) is 23.2. The van der Waals surface area contributed by atoms with Crippen LogP contribution in [-0.2, 0) is 0 Å². The van der Waals surface area contributed by atoms with Crippen LogP contribution in [0.25, 0.3) is 0 Å². The van der Waals surface area contributed by atoms with Crippen molar-refractivity contribution >= 4 is 0 Å². The van der Waals surface area contributed by atoms with Crippen molar-refractivity contribution in [1.82, 2.24) is 0 Å². The molecular formula is C35H42. The van der Waals surface area contributed by atoms with Crippen molar-refractivity contribution in [3.63, 3.8) is 0 Å². The summed E-state index contributed by atoms with van der Waals surface area (Å²) in [5.74, 6) is 0.503. The maximum absolute atomic E-state index is 2.53. The van der Waals surface area contributed by atoms with Gasteiger partial charge in [-0.1, -0.05) is 129 Å². The first-order valence-electron chi connectivity index (χ1n) is 13.4. The van der Waals surface area contributed by atoms with Crippen LogP contribution in [-0.4, -0.2) is 0 Å². The molecule has 0 heterocycles. The second kappa shape index (κ2) is 7.70. The van der Waals surface area contributed by atoms with E-state index in [-0.39, 0.29) is 21.7 Å². The predicted molar refractivity (Wildman–Crippen MR) is 152 cm³/mol. The molecule has 0 spiro atoms. The molecule has 0 saturated heterocycles. The van der Waals surface area contributed by atoms with Crippen molar-refractivity contribution in [3.05, 3.63) is 117 Å². The van der Waals surface area contributed by atoms with Crippen LogP contribution in [0.3, 0.4) is 0 Å². The molecule has 0 amide bonds. The van der Waals surface area contributed by atoms with Crippen LogP contribution in [0, 0.1) is 27.6 Å². The molecule has 182 valence electrons. The lowest BCUT2D eigenvalue weighted by molar-refractivity contribution is 0.243. The van der Waals surface area contributed by atoms with E-state index in [4.69, 9.17) is 0 Å². The molecule has 0 saturated carbocycles. The molecule has 0 aromatic carbocycles. The number of hydrogen-bond acceptors (Lipinski definition) is 0. The highest BCUT2D eigenvalue weighted by molar-refractivity contribution is 5.73. The summed E-state index contributed by atoms with van der Waals surface area (Å²) in [6, 6.07) is 0. The maximum Gasteiger partial charge on any atom is 0.0315 e. The van der Waals surface area contributed by atoms with Crippen LogP contribution in [0.5, 0.6) is 0 Å². The Hall–Kier alpha value is -2.60. The van der Waals surface area contributed by atoms with Gasteiger partial charge in [-0.2, -0.15) is 0 Å². The zero-order valence-electron chi connectivity index (χ0n) is 23.2. The van der Waals surface area contributed by atoms with Gasteiger partial charge in [0.1, 0.15) is 0 Å². The number of allylic oxidation sites excluding steroid dienone is 20. The molecule has 3 atom stereocenters. The third-order valence-electron chi connectivity index (χ3n) is 9.21. The van der Waals surface area contributed by atoms with Crippen LogP contribution >= 0.6 is 0 Å². The van der Waals surface area contributed by atoms with Gasteiger partial charge in [0, 0.05) is 10.8 Å². The second-order valence-corrected chi connectivity index (χ2v) is 13.3. The zero-order chi connectivity index (χ0) is 25.4. The van der Waals surface area contributed by atoms with Crippen LogP contribution in [0.4, 0.5) is 0 Å². The van der Waals surface area contributed by atoms with Crippen LogP contribution < -0.4 is 0 Å². The van der Waals surface area contributed by atoms with Crippen molar-refractivity contribution in [3.8, 4) is 0 Å². The Morgan fingerprint density at radius 1 is 0.686 bits per heavy atom. The van der Waals surface area contributed by atoms with Crippen molar-refractivity contribution in [2.75, 3.05) is 0 Å². The predicted octanol–water partition coefficient (Wildman–Crippen LogP) is 9.71. The van der Waals surface area contributed by atoms with Gasteiger partial charge in [0.05, 0.1) is 0 Å². The minimum Gasteiger partial charge on any atom is -0.0776 e. The van der Waals surface area contributed by atoms with Crippen LogP contribution in [0.2, 0.25) is 0 Å². The Kier molecular flexibility index (Phi) is 5.30. The third kappa shape index (κ3) is 3.47. The largest absolute Gasteiger partial charge is 0.0776 e. The average molecular weight is 463 g/mol. The first-order chi connectivity index (χ1) is 16.3. The maximum atomic E-state index is 2.53. The van der Waals surface area contributed by atoms with Gasteiger partial charge in [-0.25, -0.2) is 0 Å². The highest BCUT2D eigenvalue weighted by Crippen LogP contribution is 2.67. The highest BCUT2D eigenvalue weighted by Gasteiger charge is 2.58. The van der Waals surface area contributed by atoms with E-state index in [9.17, 15) is 0 Å². The van der Waals surface area contributed by atoms with Gasteiger partial charge >= 0.3 is 0 Å². The minimum absolute atomic E-state index is 0.0854. The minimum atomic E-state index is -0.115. The lowest BCUT2D eigenvalue weighted by Gasteiger charge is -2.58. The summed E-state index contributed by atoms with van der Waals surface area (Å²) < 4.78 is 0. The summed E-state index contributed by atoms with van der Waals surface area (Å²) in [4.78, 5) is 0. The van der Waals surface area contributed by atoms with Gasteiger partial charge in [0.25, 0.3) is 0 Å². The number of rotatable bonds is 2. The Balaban J connectivity index is 1.85. The van der Waals surface area contributed by atoms with Gasteiger partial charge < -0.3 is 0 Å². The first kappa shape index (κ1) is 24.1. The van der Waals surface area contributed by atoms with Gasteiger partial charge in [-0.15, -0.1) is 0 Å². The van der Waals surface area contributed by atoms with Crippen molar-refractivity contribution in [2.45, 2.75) is 68.7 Å². The summed E-state index contributed by atoms with van der Waals surface area (Å²) in [5, 5.41) is 0. The Bertz CT molecular complexity index is 1290. The molecular weight excluding hydrogens is 420 g/mol. The third-order valence-corrected chi connectivity index (χ3v) is 9.21. The molecule has 0 N–H and O–H groups in total. The molecule has 5 rings (SSSR count). The highest BCUT2D eigenvalue weighted by atomic mass is 14.6. The second-order valence-electron chi connectivity index (χ2n) is 13.3. The molecule has 0 bridgehead atoms. The fourth-order valence-electron chi connectivity index (χ4n) is 6.36. The van der Waals surface area contributed by atoms with E-state index in [0.29, 0.717) is 5.92 Å². The van der Waals surface area contributed by atoms with Gasteiger partial charge in [-0.05, 0) is 73.8 Å². The monoisotopic (exact) mass is 462 g/mol. The average Bonchev–Trinajstić information content (AvgIpc) is 3.01. The van der Waals surface area contributed by atoms with Gasteiger partial charge in [0.2, 0.25) is 0 Å². The Labute approximate surface area is 213 Å². The molecule has 0 heteroatoms. The molecule has 5 aliphatic carbocycles. The lowest BCUT2D eigenvalue weighted by Crippen LogP contribution is -2.48. The van der Waals surface area contributed by atoms with E-state index in [1.54, 1.807) is 0 Å². The molecule has 0 aromatic rings. The molecule has 0 fully saturated rings. The van der Waals surface area contributed by atoms with Crippen molar-refractivity contribution in [2.24, 2.45) is 27.6 Å². The summed E-state index contributed by atoms with van der Waals surface area (Å²) in [6.45, 7) is 21.2. The summed E-state index contributed by atoms with van der Waals surface area (Å²) in [5.41, 5.74) is 11.3. The van der Waals surface area contributed by atoms with E-state index in [2.05, 4.69) is 135 Å². The normalized spacial score (nSPS) is 31.6. The van der Waals surface area contributed by atoms with E-state index >= 15 is 0 Å². The summed E-state index contributed by atoms with van der Waals surface area (Å²) >= 11 is 0. The molecule has 3 unspecified atom stereocenters. The summed E-state index contributed by atoms with van der Waals surface area (Å²) in [7, 11) is 0. The molecule has 0 aromatic heterocycles. The molecule has 35 heavy (non-hydrogen) atoms. The molecule has 0 nitrogen and oxygen atoms in total. The fourth-order valence-corrected chi connectivity index (χ4v) is 6.36. The van der Waals surface area contributed by atoms with Crippen molar-refractivity contribution < 1.29 is 0 Å². The Morgan fingerprint density at radius 3 is 1.89 bits per heavy atom. The first-order valence-corrected chi connectivity index (χ1v) is 13.4. The molecule has 0 radical (unpaired) electrons.